The maximum atomic E-state index is 6.54. The maximum Gasteiger partial charge on any atom is 0.159 e. The van der Waals surface area contributed by atoms with Gasteiger partial charge >= 0.3 is 0 Å². The van der Waals surface area contributed by atoms with Crippen LogP contribution < -0.4 is 0 Å². The smallest absolute Gasteiger partial charge is 0.159 e. The van der Waals surface area contributed by atoms with Crippen molar-refractivity contribution < 1.29 is 4.42 Å². The Hall–Kier alpha value is -8.48. The number of nitrogens with zero attached hydrogens (tertiary/aromatic N) is 5. The van der Waals surface area contributed by atoms with E-state index >= 15 is 0 Å². The molecule has 13 rings (SSSR count). The molecule has 3 aromatic heterocycles. The molecular formula is C58H39N5O. The topological polar surface area (TPSA) is 51.0 Å². The highest BCUT2D eigenvalue weighted by Crippen LogP contribution is 2.43. The lowest BCUT2D eigenvalue weighted by molar-refractivity contribution is 0.383. The third kappa shape index (κ3) is 5.52. The summed E-state index contributed by atoms with van der Waals surface area (Å²) in [5.74, 6) is 1.51. The number of furan rings is 1. The number of para-hydroxylation sites is 3. The first-order valence-electron chi connectivity index (χ1n) is 21.7. The second-order valence-corrected chi connectivity index (χ2v) is 16.6. The maximum absolute atomic E-state index is 6.54. The Balaban J connectivity index is 1.02. The largest absolute Gasteiger partial charge is 0.456 e. The van der Waals surface area contributed by atoms with Gasteiger partial charge in [0, 0.05) is 61.9 Å². The first-order chi connectivity index (χ1) is 31.7. The summed E-state index contributed by atoms with van der Waals surface area (Å²) >= 11 is 0. The zero-order valence-corrected chi connectivity index (χ0v) is 34.9. The van der Waals surface area contributed by atoms with Crippen LogP contribution in [0.15, 0.2) is 227 Å². The van der Waals surface area contributed by atoms with Crippen LogP contribution in [0.2, 0.25) is 0 Å². The zero-order valence-electron chi connectivity index (χ0n) is 34.9. The third-order valence-electron chi connectivity index (χ3n) is 12.9. The fourth-order valence-corrected chi connectivity index (χ4v) is 10.1. The van der Waals surface area contributed by atoms with Crippen molar-refractivity contribution in [3.8, 4) is 22.5 Å². The number of rotatable bonds is 6. The van der Waals surface area contributed by atoms with Crippen LogP contribution in [0, 0.1) is 0 Å². The van der Waals surface area contributed by atoms with Crippen molar-refractivity contribution >= 4 is 77.2 Å². The zero-order chi connectivity index (χ0) is 42.3. The van der Waals surface area contributed by atoms with Crippen LogP contribution in [0.3, 0.4) is 0 Å². The van der Waals surface area contributed by atoms with E-state index in [1.807, 2.05) is 18.2 Å². The second kappa shape index (κ2) is 14.3. The summed E-state index contributed by atoms with van der Waals surface area (Å²) in [6, 6.07) is 75.3. The molecule has 12 aromatic rings. The molecule has 0 saturated carbocycles. The number of fused-ring (bicyclic) bond motifs is 10. The first-order valence-corrected chi connectivity index (χ1v) is 21.7. The van der Waals surface area contributed by atoms with Crippen molar-refractivity contribution in [3.05, 3.63) is 229 Å². The van der Waals surface area contributed by atoms with Gasteiger partial charge in [0.05, 0.1) is 22.1 Å². The fraction of sp³-hybridized carbons (Fsp3) is 0.0345. The van der Waals surface area contributed by atoms with Gasteiger partial charge in [-0.3, -0.25) is 0 Å². The predicted octanol–water partition coefficient (Wildman–Crippen LogP) is 14.3. The average molecular weight is 822 g/mol. The van der Waals surface area contributed by atoms with E-state index < -0.39 is 0 Å². The second-order valence-electron chi connectivity index (χ2n) is 16.6. The quantitative estimate of drug-likeness (QED) is 0.168. The summed E-state index contributed by atoms with van der Waals surface area (Å²) in [6.07, 6.45) is -0.389. The molecule has 1 unspecified atom stereocenters. The Kier molecular flexibility index (Phi) is 8.09. The highest BCUT2D eigenvalue weighted by Gasteiger charge is 2.30. The molecule has 0 N–H and O–H groups in total. The molecule has 302 valence electrons. The normalized spacial score (nSPS) is 14.3. The minimum Gasteiger partial charge on any atom is -0.456 e. The molecule has 1 aliphatic rings. The van der Waals surface area contributed by atoms with Crippen molar-refractivity contribution in [2.45, 2.75) is 6.17 Å². The molecule has 0 bridgehead atoms. The molecule has 0 fully saturated rings. The van der Waals surface area contributed by atoms with Crippen molar-refractivity contribution in [2.75, 3.05) is 7.05 Å². The fourth-order valence-electron chi connectivity index (χ4n) is 10.1. The predicted molar refractivity (Wildman–Crippen MR) is 264 cm³/mol. The molecule has 0 amide bonds. The van der Waals surface area contributed by atoms with Crippen molar-refractivity contribution in [1.29, 1.82) is 0 Å². The molecule has 0 spiro atoms. The number of amidine groups is 2. The van der Waals surface area contributed by atoms with Crippen molar-refractivity contribution in [2.24, 2.45) is 9.98 Å². The van der Waals surface area contributed by atoms with E-state index in [2.05, 4.69) is 215 Å². The van der Waals surface area contributed by atoms with Crippen LogP contribution in [0.5, 0.6) is 0 Å². The summed E-state index contributed by atoms with van der Waals surface area (Å²) < 4.78 is 11.4. The Labute approximate surface area is 368 Å². The number of hydrogen-bond acceptors (Lipinski definition) is 4. The van der Waals surface area contributed by atoms with Gasteiger partial charge < -0.3 is 18.5 Å². The van der Waals surface area contributed by atoms with E-state index in [1.54, 1.807) is 0 Å². The monoisotopic (exact) mass is 821 g/mol. The van der Waals surface area contributed by atoms with Crippen LogP contribution >= 0.6 is 0 Å². The van der Waals surface area contributed by atoms with Crippen LogP contribution in [-0.2, 0) is 0 Å². The lowest BCUT2D eigenvalue weighted by Crippen LogP contribution is -2.35. The van der Waals surface area contributed by atoms with Crippen LogP contribution in [0.4, 0.5) is 0 Å². The van der Waals surface area contributed by atoms with Crippen LogP contribution in [-0.4, -0.2) is 32.8 Å². The number of benzene rings is 9. The van der Waals surface area contributed by atoms with Gasteiger partial charge in [0.15, 0.2) is 12.0 Å². The molecule has 1 atom stereocenters. The molecule has 64 heavy (non-hydrogen) atoms. The molecule has 4 heterocycles. The van der Waals surface area contributed by atoms with Crippen LogP contribution in [0.1, 0.15) is 22.9 Å². The number of hydrogen-bond donors (Lipinski definition) is 0. The van der Waals surface area contributed by atoms with Gasteiger partial charge in [-0.1, -0.05) is 158 Å². The standard InChI is InChI=1S/C58H39N5O/c1-61-57(59-56(38-19-7-3-8-20-38)60-58(61)47-27-16-30-52-53(47)48-36-39(31-34-51(48)64-52)37-17-5-2-6-18-37)40-21-15-24-42(35-40)63-50-29-14-12-26-44(50)46-33-32-45-43-25-11-13-28-49(43)62(54(45)55(46)63)41-22-9-4-10-23-41/h2-36,57H,1H3. The van der Waals surface area contributed by atoms with E-state index in [1.165, 1.54) is 32.6 Å². The van der Waals surface area contributed by atoms with Gasteiger partial charge in [0.25, 0.3) is 0 Å². The van der Waals surface area contributed by atoms with E-state index in [-0.39, 0.29) is 6.17 Å². The molecular weight excluding hydrogens is 783 g/mol. The Morgan fingerprint density at radius 3 is 1.73 bits per heavy atom. The highest BCUT2D eigenvalue weighted by atomic mass is 16.3. The molecule has 0 aliphatic carbocycles. The molecule has 9 aromatic carbocycles. The lowest BCUT2D eigenvalue weighted by Gasteiger charge is -2.33. The number of aliphatic imine (C=N–C) groups is 2. The average Bonchev–Trinajstić information content (AvgIpc) is 4.03. The summed E-state index contributed by atoms with van der Waals surface area (Å²) in [5.41, 5.74) is 13.8. The minimum atomic E-state index is -0.389. The summed E-state index contributed by atoms with van der Waals surface area (Å²) in [4.78, 5) is 13.1. The van der Waals surface area contributed by atoms with Crippen LogP contribution in [0.25, 0.3) is 88.1 Å². The Bertz CT molecular complexity index is 3860. The molecule has 0 saturated heterocycles. The number of aromatic nitrogens is 2. The molecule has 0 radical (unpaired) electrons. The van der Waals surface area contributed by atoms with Gasteiger partial charge in [0.1, 0.15) is 17.0 Å². The van der Waals surface area contributed by atoms with Crippen molar-refractivity contribution in [1.82, 2.24) is 14.0 Å². The van der Waals surface area contributed by atoms with E-state index in [0.717, 1.165) is 78.0 Å². The summed E-state index contributed by atoms with van der Waals surface area (Å²) in [6.45, 7) is 0. The lowest BCUT2D eigenvalue weighted by atomic mass is 9.99. The van der Waals surface area contributed by atoms with Crippen molar-refractivity contribution in [3.63, 3.8) is 0 Å². The van der Waals surface area contributed by atoms with Gasteiger partial charge in [-0.05, 0) is 71.3 Å². The third-order valence-corrected chi connectivity index (χ3v) is 12.9. The Morgan fingerprint density at radius 2 is 1.03 bits per heavy atom. The Morgan fingerprint density at radius 1 is 0.438 bits per heavy atom. The van der Waals surface area contributed by atoms with Gasteiger partial charge in [0.2, 0.25) is 0 Å². The highest BCUT2D eigenvalue weighted by molar-refractivity contribution is 6.24. The SMILES string of the molecule is CN1C(c2cccc3oc4ccc(-c5ccccc5)cc4c23)=NC(c2ccccc2)=NC1c1cccc(-n2c3ccccc3c3ccc4c5ccccc5n(-c5ccccc5)c4c32)c1. The van der Waals surface area contributed by atoms with Gasteiger partial charge in [-0.25, -0.2) is 9.98 Å². The van der Waals surface area contributed by atoms with E-state index in [0.29, 0.717) is 5.84 Å². The van der Waals surface area contributed by atoms with E-state index in [4.69, 9.17) is 14.4 Å². The molecule has 1 aliphatic heterocycles. The minimum absolute atomic E-state index is 0.389. The molecule has 6 nitrogen and oxygen atoms in total. The molecule has 6 heteroatoms. The van der Waals surface area contributed by atoms with Gasteiger partial charge in [-0.2, -0.15) is 0 Å². The van der Waals surface area contributed by atoms with E-state index in [9.17, 15) is 0 Å². The summed E-state index contributed by atoms with van der Waals surface area (Å²) in [5, 5.41) is 6.94. The first kappa shape index (κ1) is 36.2. The van der Waals surface area contributed by atoms with Gasteiger partial charge in [-0.15, -0.1) is 0 Å². The summed E-state index contributed by atoms with van der Waals surface area (Å²) in [7, 11) is 2.11.